The van der Waals surface area contributed by atoms with E-state index in [0.29, 0.717) is 12.1 Å². The van der Waals surface area contributed by atoms with Crippen LogP contribution in [0.2, 0.25) is 0 Å². The van der Waals surface area contributed by atoms with Crippen molar-refractivity contribution in [3.05, 3.63) is 24.3 Å². The number of rotatable bonds is 3. The second-order valence-electron chi connectivity index (χ2n) is 11.9. The molecule has 0 aliphatic carbocycles. The highest BCUT2D eigenvalue weighted by Crippen LogP contribution is 2.40. The van der Waals surface area contributed by atoms with E-state index in [4.69, 9.17) is 5.73 Å². The molecule has 28 heavy (non-hydrogen) atoms. The van der Waals surface area contributed by atoms with E-state index < -0.39 is 0 Å². The molecule has 0 saturated carbocycles. The van der Waals surface area contributed by atoms with Gasteiger partial charge in [0, 0.05) is 45.6 Å². The zero-order chi connectivity index (χ0) is 21.0. The van der Waals surface area contributed by atoms with Crippen molar-refractivity contribution >= 4 is 11.4 Å². The Labute approximate surface area is 172 Å². The molecule has 2 aliphatic heterocycles. The quantitative estimate of drug-likeness (QED) is 0.660. The standard InChI is InChI=1S/C24H42N4/c1-21(2)13-19(14-22(3,4)26-21)28(18-11-9-17(25)10-12-18)20-15-23(5,6)27-24(7,8)16-20/h9-12,19-20,26-27H,13-16,25H2,1-8H3. The summed E-state index contributed by atoms with van der Waals surface area (Å²) in [5, 5.41) is 7.71. The van der Waals surface area contributed by atoms with E-state index in [0.717, 1.165) is 31.4 Å². The highest BCUT2D eigenvalue weighted by atomic mass is 15.2. The molecule has 0 radical (unpaired) electrons. The van der Waals surface area contributed by atoms with Gasteiger partial charge in [0.1, 0.15) is 0 Å². The summed E-state index contributed by atoms with van der Waals surface area (Å²) in [6.45, 7) is 18.8. The fraction of sp³-hybridized carbons (Fsp3) is 0.750. The van der Waals surface area contributed by atoms with Crippen LogP contribution in [0.15, 0.2) is 24.3 Å². The maximum absolute atomic E-state index is 6.02. The average Bonchev–Trinajstić information content (AvgIpc) is 2.43. The Kier molecular flexibility index (Phi) is 5.30. The van der Waals surface area contributed by atoms with Crippen LogP contribution in [0.1, 0.15) is 81.1 Å². The zero-order valence-electron chi connectivity index (χ0n) is 19.3. The normalized spacial score (nSPS) is 26.7. The monoisotopic (exact) mass is 386 g/mol. The van der Waals surface area contributed by atoms with Gasteiger partial charge in [-0.05, 0) is 105 Å². The molecule has 0 atom stereocenters. The minimum atomic E-state index is 0.121. The first-order chi connectivity index (χ1) is 12.7. The van der Waals surface area contributed by atoms with E-state index in [9.17, 15) is 0 Å². The Morgan fingerprint density at radius 1 is 0.679 bits per heavy atom. The summed E-state index contributed by atoms with van der Waals surface area (Å²) in [6.07, 6.45) is 4.58. The van der Waals surface area contributed by atoms with Crippen molar-refractivity contribution in [1.29, 1.82) is 0 Å². The van der Waals surface area contributed by atoms with Crippen LogP contribution in [0, 0.1) is 0 Å². The smallest absolute Gasteiger partial charge is 0.0372 e. The van der Waals surface area contributed by atoms with Gasteiger partial charge in [0.15, 0.2) is 0 Å². The molecule has 2 saturated heterocycles. The van der Waals surface area contributed by atoms with E-state index in [1.807, 2.05) is 0 Å². The van der Waals surface area contributed by atoms with E-state index in [2.05, 4.69) is 95.2 Å². The third kappa shape index (κ3) is 5.01. The fourth-order valence-corrected chi connectivity index (χ4v) is 6.30. The first kappa shape index (κ1) is 21.4. The van der Waals surface area contributed by atoms with E-state index in [1.54, 1.807) is 0 Å². The third-order valence-electron chi connectivity index (χ3n) is 6.32. The molecule has 2 heterocycles. The number of nitrogens with zero attached hydrogens (tertiary/aromatic N) is 1. The molecule has 1 aromatic carbocycles. The molecule has 0 bridgehead atoms. The van der Waals surface area contributed by atoms with Gasteiger partial charge in [0.2, 0.25) is 0 Å². The number of benzene rings is 1. The van der Waals surface area contributed by atoms with Crippen molar-refractivity contribution in [2.75, 3.05) is 10.6 Å². The van der Waals surface area contributed by atoms with E-state index in [1.165, 1.54) is 5.69 Å². The first-order valence-electron chi connectivity index (χ1n) is 10.9. The summed E-state index contributed by atoms with van der Waals surface area (Å²) < 4.78 is 0. The van der Waals surface area contributed by atoms with Crippen LogP contribution in [0.25, 0.3) is 0 Å². The number of hydrogen-bond acceptors (Lipinski definition) is 4. The van der Waals surface area contributed by atoms with Crippen LogP contribution in [0.5, 0.6) is 0 Å². The van der Waals surface area contributed by atoms with Gasteiger partial charge >= 0.3 is 0 Å². The number of nitrogen functional groups attached to an aromatic ring is 1. The molecular formula is C24H42N4. The first-order valence-corrected chi connectivity index (χ1v) is 10.9. The van der Waals surface area contributed by atoms with Crippen molar-refractivity contribution in [2.24, 2.45) is 0 Å². The SMILES string of the molecule is CC1(C)CC(N(c2ccc(N)cc2)C2CC(C)(C)NC(C)(C)C2)CC(C)(C)N1. The second kappa shape index (κ2) is 6.91. The Morgan fingerprint density at radius 3 is 1.32 bits per heavy atom. The molecule has 0 spiro atoms. The molecule has 4 N–H and O–H groups in total. The van der Waals surface area contributed by atoms with Gasteiger partial charge in [0.05, 0.1) is 0 Å². The van der Waals surface area contributed by atoms with Gasteiger partial charge in [-0.1, -0.05) is 0 Å². The largest absolute Gasteiger partial charge is 0.399 e. The molecule has 3 rings (SSSR count). The maximum atomic E-state index is 6.02. The topological polar surface area (TPSA) is 53.3 Å². The molecular weight excluding hydrogens is 344 g/mol. The summed E-state index contributed by atoms with van der Waals surface area (Å²) in [4.78, 5) is 2.74. The van der Waals surface area contributed by atoms with Crippen molar-refractivity contribution < 1.29 is 0 Å². The Bertz CT molecular complexity index is 617. The number of piperidine rings is 2. The molecule has 158 valence electrons. The summed E-state index contributed by atoms with van der Waals surface area (Å²) in [5.74, 6) is 0. The number of nitrogens with one attached hydrogen (secondary N) is 2. The molecule has 1 aromatic rings. The molecule has 0 aromatic heterocycles. The number of hydrogen-bond donors (Lipinski definition) is 3. The Balaban J connectivity index is 2.02. The van der Waals surface area contributed by atoms with Crippen LogP contribution < -0.4 is 21.3 Å². The van der Waals surface area contributed by atoms with E-state index in [-0.39, 0.29) is 22.2 Å². The van der Waals surface area contributed by atoms with Gasteiger partial charge in [-0.25, -0.2) is 0 Å². The van der Waals surface area contributed by atoms with Crippen molar-refractivity contribution in [1.82, 2.24) is 10.6 Å². The van der Waals surface area contributed by atoms with Crippen LogP contribution in [-0.4, -0.2) is 34.2 Å². The number of nitrogens with two attached hydrogens (primary N) is 1. The zero-order valence-corrected chi connectivity index (χ0v) is 19.3. The predicted molar refractivity (Wildman–Crippen MR) is 122 cm³/mol. The Morgan fingerprint density at radius 2 is 1.00 bits per heavy atom. The van der Waals surface area contributed by atoms with Gasteiger partial charge in [-0.15, -0.1) is 0 Å². The van der Waals surface area contributed by atoms with Gasteiger partial charge in [-0.2, -0.15) is 0 Å². The van der Waals surface area contributed by atoms with Crippen molar-refractivity contribution in [3.63, 3.8) is 0 Å². The van der Waals surface area contributed by atoms with Crippen LogP contribution in [0.3, 0.4) is 0 Å². The van der Waals surface area contributed by atoms with Crippen LogP contribution >= 0.6 is 0 Å². The van der Waals surface area contributed by atoms with Gasteiger partial charge in [0.25, 0.3) is 0 Å². The van der Waals surface area contributed by atoms with Crippen molar-refractivity contribution in [3.8, 4) is 0 Å². The molecule has 4 heteroatoms. The molecule has 2 fully saturated rings. The van der Waals surface area contributed by atoms with Crippen LogP contribution in [0.4, 0.5) is 11.4 Å². The minimum absolute atomic E-state index is 0.121. The lowest BCUT2D eigenvalue weighted by Crippen LogP contribution is -2.67. The lowest BCUT2D eigenvalue weighted by Gasteiger charge is -2.56. The Hall–Kier alpha value is -1.26. The van der Waals surface area contributed by atoms with Gasteiger partial charge < -0.3 is 21.3 Å². The highest BCUT2D eigenvalue weighted by molar-refractivity contribution is 5.55. The molecule has 0 unspecified atom stereocenters. The van der Waals surface area contributed by atoms with E-state index >= 15 is 0 Å². The highest BCUT2D eigenvalue weighted by Gasteiger charge is 2.45. The summed E-state index contributed by atoms with van der Waals surface area (Å²) in [7, 11) is 0. The van der Waals surface area contributed by atoms with Crippen LogP contribution in [-0.2, 0) is 0 Å². The predicted octanol–water partition coefficient (Wildman–Crippen LogP) is 4.69. The van der Waals surface area contributed by atoms with Gasteiger partial charge in [-0.3, -0.25) is 0 Å². The second-order valence-corrected chi connectivity index (χ2v) is 11.9. The minimum Gasteiger partial charge on any atom is -0.399 e. The summed E-state index contributed by atoms with van der Waals surface area (Å²) in [6, 6.07) is 9.56. The lowest BCUT2D eigenvalue weighted by atomic mass is 9.75. The molecule has 0 amide bonds. The molecule has 2 aliphatic rings. The third-order valence-corrected chi connectivity index (χ3v) is 6.32. The maximum Gasteiger partial charge on any atom is 0.0372 e. The number of anilines is 2. The average molecular weight is 387 g/mol. The fourth-order valence-electron chi connectivity index (χ4n) is 6.30. The van der Waals surface area contributed by atoms with Crippen molar-refractivity contribution in [2.45, 2.75) is 115 Å². The lowest BCUT2D eigenvalue weighted by molar-refractivity contribution is 0.124. The molecule has 4 nitrogen and oxygen atoms in total. The summed E-state index contributed by atoms with van der Waals surface area (Å²) in [5.41, 5.74) is 8.65. The summed E-state index contributed by atoms with van der Waals surface area (Å²) >= 11 is 0.